The molecule has 2 rings (SSSR count). The molecule has 0 fully saturated rings. The predicted octanol–water partition coefficient (Wildman–Crippen LogP) is 3.12. The molecule has 0 atom stereocenters. The van der Waals surface area contributed by atoms with E-state index in [1.807, 2.05) is 25.1 Å². The van der Waals surface area contributed by atoms with Crippen LogP contribution < -0.4 is 5.32 Å². The Balaban J connectivity index is 2.33. The normalized spacial score (nSPS) is 10.4. The van der Waals surface area contributed by atoms with Gasteiger partial charge in [-0.2, -0.15) is 0 Å². The summed E-state index contributed by atoms with van der Waals surface area (Å²) in [4.78, 5) is 15.8. The van der Waals surface area contributed by atoms with Gasteiger partial charge in [0, 0.05) is 5.57 Å². The lowest BCUT2D eigenvalue weighted by atomic mass is 10.2. The van der Waals surface area contributed by atoms with Gasteiger partial charge in [-0.1, -0.05) is 24.0 Å². The molecule has 2 aromatic rings. The smallest absolute Gasteiger partial charge is 0.252 e. The zero-order chi connectivity index (χ0) is 11.7. The Morgan fingerprint density at radius 3 is 2.94 bits per heavy atom. The highest BCUT2D eigenvalue weighted by atomic mass is 32.1. The first-order chi connectivity index (χ1) is 7.56. The Kier molecular flexibility index (Phi) is 2.75. The number of nitrogens with one attached hydrogen (secondary N) is 1. The Morgan fingerprint density at radius 2 is 2.25 bits per heavy atom. The molecule has 1 aromatic carbocycles. The summed E-state index contributed by atoms with van der Waals surface area (Å²) in [5.74, 6) is -0.184. The molecule has 0 unspecified atom stereocenters. The lowest BCUT2D eigenvalue weighted by molar-refractivity contribution is -0.112. The second kappa shape index (κ2) is 4.06. The van der Waals surface area contributed by atoms with Crippen molar-refractivity contribution in [2.75, 3.05) is 5.32 Å². The molecule has 0 aliphatic heterocycles. The molecule has 1 aromatic heterocycles. The third kappa shape index (κ3) is 2.12. The van der Waals surface area contributed by atoms with Crippen molar-refractivity contribution in [1.29, 1.82) is 0 Å². The fraction of sp³-hybridized carbons (Fsp3) is 0.167. The number of amides is 1. The molecule has 0 spiro atoms. The van der Waals surface area contributed by atoms with E-state index in [4.69, 9.17) is 0 Å². The lowest BCUT2D eigenvalue weighted by Crippen LogP contribution is -2.11. The maximum absolute atomic E-state index is 11.4. The maximum atomic E-state index is 11.4. The summed E-state index contributed by atoms with van der Waals surface area (Å²) < 4.78 is 1.07. The Bertz CT molecular complexity index is 571. The molecule has 0 bridgehead atoms. The zero-order valence-electron chi connectivity index (χ0n) is 9.20. The van der Waals surface area contributed by atoms with Crippen molar-refractivity contribution < 1.29 is 4.79 Å². The summed E-state index contributed by atoms with van der Waals surface area (Å²) in [5.41, 5.74) is 2.56. The van der Waals surface area contributed by atoms with E-state index in [2.05, 4.69) is 16.9 Å². The van der Waals surface area contributed by atoms with E-state index in [0.717, 1.165) is 15.8 Å². The summed E-state index contributed by atoms with van der Waals surface area (Å²) in [6.45, 7) is 7.28. The van der Waals surface area contributed by atoms with E-state index < -0.39 is 0 Å². The Labute approximate surface area is 97.8 Å². The van der Waals surface area contributed by atoms with Gasteiger partial charge in [-0.25, -0.2) is 4.98 Å². The number of anilines is 1. The molecule has 82 valence electrons. The third-order valence-corrected chi connectivity index (χ3v) is 3.10. The number of rotatable bonds is 2. The molecule has 1 amide bonds. The van der Waals surface area contributed by atoms with Crippen LogP contribution in [0.5, 0.6) is 0 Å². The molecule has 0 radical (unpaired) electrons. The number of hydrogen-bond donors (Lipinski definition) is 1. The Hall–Kier alpha value is -1.68. The van der Waals surface area contributed by atoms with Crippen molar-refractivity contribution in [3.05, 3.63) is 35.9 Å². The molecular weight excluding hydrogens is 220 g/mol. The summed E-state index contributed by atoms with van der Waals surface area (Å²) in [5, 5.41) is 3.34. The number of carbonyl (C=O) groups excluding carboxylic acids is 1. The van der Waals surface area contributed by atoms with E-state index >= 15 is 0 Å². The molecule has 16 heavy (non-hydrogen) atoms. The molecular formula is C12H12N2OS. The van der Waals surface area contributed by atoms with Crippen molar-refractivity contribution in [3.8, 4) is 0 Å². The van der Waals surface area contributed by atoms with Crippen LogP contribution in [0.15, 0.2) is 30.4 Å². The minimum absolute atomic E-state index is 0.184. The maximum Gasteiger partial charge on any atom is 0.252 e. The molecule has 0 aliphatic rings. The van der Waals surface area contributed by atoms with Crippen LogP contribution in [0.3, 0.4) is 0 Å². The number of fused-ring (bicyclic) bond motifs is 1. The van der Waals surface area contributed by atoms with Gasteiger partial charge >= 0.3 is 0 Å². The molecule has 4 heteroatoms. The van der Waals surface area contributed by atoms with Gasteiger partial charge in [0.15, 0.2) is 5.13 Å². The van der Waals surface area contributed by atoms with Gasteiger partial charge < -0.3 is 0 Å². The van der Waals surface area contributed by atoms with E-state index in [0.29, 0.717) is 10.7 Å². The molecule has 0 saturated carbocycles. The van der Waals surface area contributed by atoms with Crippen molar-refractivity contribution in [2.45, 2.75) is 13.8 Å². The van der Waals surface area contributed by atoms with Crippen LogP contribution in [0.2, 0.25) is 0 Å². The van der Waals surface area contributed by atoms with Crippen molar-refractivity contribution in [1.82, 2.24) is 4.98 Å². The van der Waals surface area contributed by atoms with Gasteiger partial charge in [0.05, 0.1) is 10.2 Å². The monoisotopic (exact) mass is 232 g/mol. The topological polar surface area (TPSA) is 42.0 Å². The summed E-state index contributed by atoms with van der Waals surface area (Å²) in [7, 11) is 0. The number of benzene rings is 1. The molecule has 3 nitrogen and oxygen atoms in total. The largest absolute Gasteiger partial charge is 0.298 e. The quantitative estimate of drug-likeness (QED) is 0.808. The third-order valence-electron chi connectivity index (χ3n) is 2.15. The number of aromatic nitrogens is 1. The van der Waals surface area contributed by atoms with Crippen molar-refractivity contribution in [2.24, 2.45) is 0 Å². The molecule has 0 aliphatic carbocycles. The number of aryl methyl sites for hydroxylation is 1. The van der Waals surface area contributed by atoms with E-state index in [9.17, 15) is 4.79 Å². The molecule has 1 heterocycles. The van der Waals surface area contributed by atoms with Crippen LogP contribution >= 0.6 is 11.3 Å². The second-order valence-electron chi connectivity index (χ2n) is 3.72. The highest BCUT2D eigenvalue weighted by Crippen LogP contribution is 2.26. The van der Waals surface area contributed by atoms with Crippen LogP contribution in [-0.2, 0) is 4.79 Å². The second-order valence-corrected chi connectivity index (χ2v) is 4.76. The zero-order valence-corrected chi connectivity index (χ0v) is 10.0. The highest BCUT2D eigenvalue weighted by Gasteiger charge is 2.07. The van der Waals surface area contributed by atoms with Crippen LogP contribution in [-0.4, -0.2) is 10.9 Å². The number of carbonyl (C=O) groups is 1. The summed E-state index contributed by atoms with van der Waals surface area (Å²) in [6.07, 6.45) is 0. The van der Waals surface area contributed by atoms with E-state index in [1.54, 1.807) is 6.92 Å². The molecule has 0 saturated heterocycles. The first-order valence-electron chi connectivity index (χ1n) is 4.90. The fourth-order valence-electron chi connectivity index (χ4n) is 1.29. The lowest BCUT2D eigenvalue weighted by Gasteiger charge is -1.97. The molecule has 1 N–H and O–H groups in total. The number of nitrogens with zero attached hydrogens (tertiary/aromatic N) is 1. The number of hydrogen-bond acceptors (Lipinski definition) is 3. The predicted molar refractivity (Wildman–Crippen MR) is 67.8 cm³/mol. The average molecular weight is 232 g/mol. The van der Waals surface area contributed by atoms with Crippen LogP contribution in [0.4, 0.5) is 5.13 Å². The minimum atomic E-state index is -0.184. The average Bonchev–Trinajstić information content (AvgIpc) is 2.58. The standard InChI is InChI=1S/C12H12N2OS/c1-7(2)11(15)14-12-13-9-6-8(3)4-5-10(9)16-12/h4-6H,1H2,2-3H3,(H,13,14,15). The van der Waals surface area contributed by atoms with Gasteiger partial charge in [-0.05, 0) is 31.5 Å². The van der Waals surface area contributed by atoms with Gasteiger partial charge in [0.2, 0.25) is 0 Å². The van der Waals surface area contributed by atoms with E-state index in [-0.39, 0.29) is 5.91 Å². The van der Waals surface area contributed by atoms with Gasteiger partial charge in [0.25, 0.3) is 5.91 Å². The van der Waals surface area contributed by atoms with Gasteiger partial charge in [-0.3, -0.25) is 10.1 Å². The highest BCUT2D eigenvalue weighted by molar-refractivity contribution is 7.22. The van der Waals surface area contributed by atoms with E-state index in [1.165, 1.54) is 11.3 Å². The summed E-state index contributed by atoms with van der Waals surface area (Å²) >= 11 is 1.47. The minimum Gasteiger partial charge on any atom is -0.298 e. The Morgan fingerprint density at radius 1 is 1.50 bits per heavy atom. The summed E-state index contributed by atoms with van der Waals surface area (Å²) in [6, 6.07) is 6.05. The first kappa shape index (κ1) is 10.8. The van der Waals surface area contributed by atoms with Crippen LogP contribution in [0.25, 0.3) is 10.2 Å². The fourth-order valence-corrected chi connectivity index (χ4v) is 2.14. The van der Waals surface area contributed by atoms with Crippen molar-refractivity contribution in [3.63, 3.8) is 0 Å². The van der Waals surface area contributed by atoms with Gasteiger partial charge in [0.1, 0.15) is 0 Å². The number of thiazole rings is 1. The van der Waals surface area contributed by atoms with Crippen LogP contribution in [0, 0.1) is 6.92 Å². The first-order valence-corrected chi connectivity index (χ1v) is 5.72. The van der Waals surface area contributed by atoms with Crippen molar-refractivity contribution >= 4 is 32.6 Å². The SMILES string of the molecule is C=C(C)C(=O)Nc1nc2cc(C)ccc2s1. The van der Waals surface area contributed by atoms with Gasteiger partial charge in [-0.15, -0.1) is 0 Å². The van der Waals surface area contributed by atoms with Crippen LogP contribution in [0.1, 0.15) is 12.5 Å².